The molecule has 3 nitrogen and oxygen atoms in total. The van der Waals surface area contributed by atoms with Gasteiger partial charge in [-0.3, -0.25) is 0 Å². The lowest BCUT2D eigenvalue weighted by atomic mass is 9.83. The van der Waals surface area contributed by atoms with Gasteiger partial charge in [-0.15, -0.1) is 0 Å². The Hall–Kier alpha value is -1.42. The van der Waals surface area contributed by atoms with Crippen molar-refractivity contribution in [3.05, 3.63) is 35.6 Å². The van der Waals surface area contributed by atoms with Crippen molar-refractivity contribution in [3.63, 3.8) is 0 Å². The van der Waals surface area contributed by atoms with Gasteiger partial charge in [-0.05, 0) is 30.0 Å². The maximum Gasteiger partial charge on any atom is 0.328 e. The first-order valence-electron chi connectivity index (χ1n) is 5.14. The van der Waals surface area contributed by atoms with Crippen LogP contribution >= 0.6 is 0 Å². The predicted molar refractivity (Wildman–Crippen MR) is 59.4 cm³/mol. The third-order valence-corrected chi connectivity index (χ3v) is 2.47. The third-order valence-electron chi connectivity index (χ3n) is 2.47. The highest BCUT2D eigenvalue weighted by Crippen LogP contribution is 2.26. The molecule has 0 bridgehead atoms. The number of nitrogens with two attached hydrogens (primary N) is 1. The summed E-state index contributed by atoms with van der Waals surface area (Å²) in [6, 6.07) is 5.29. The van der Waals surface area contributed by atoms with E-state index < -0.39 is 17.3 Å². The molecule has 0 heterocycles. The van der Waals surface area contributed by atoms with Gasteiger partial charge < -0.3 is 10.8 Å². The lowest BCUT2D eigenvalue weighted by Crippen LogP contribution is -2.45. The maximum absolute atomic E-state index is 12.8. The molecule has 1 unspecified atom stereocenters. The molecule has 1 aromatic carbocycles. The number of aliphatic carboxylic acids is 1. The number of carboxylic acid groups (broad SMARTS) is 1. The van der Waals surface area contributed by atoms with E-state index in [4.69, 9.17) is 5.73 Å². The summed E-state index contributed by atoms with van der Waals surface area (Å²) in [5.41, 5.74) is 4.87. The first kappa shape index (κ1) is 12.6. The third kappa shape index (κ3) is 2.58. The van der Waals surface area contributed by atoms with Crippen molar-refractivity contribution >= 4 is 5.97 Å². The largest absolute Gasteiger partial charge is 0.480 e. The molecule has 1 aromatic rings. The first-order chi connectivity index (χ1) is 7.36. The van der Waals surface area contributed by atoms with E-state index in [-0.39, 0.29) is 5.92 Å². The topological polar surface area (TPSA) is 63.3 Å². The molecule has 4 heteroatoms. The van der Waals surface area contributed by atoms with Crippen LogP contribution in [0.3, 0.4) is 0 Å². The highest BCUT2D eigenvalue weighted by atomic mass is 19.1. The van der Waals surface area contributed by atoms with Crippen LogP contribution in [0, 0.1) is 11.7 Å². The molecule has 0 amide bonds. The number of rotatable bonds is 4. The summed E-state index contributed by atoms with van der Waals surface area (Å²) >= 11 is 0. The van der Waals surface area contributed by atoms with Gasteiger partial charge in [-0.1, -0.05) is 26.0 Å². The Balaban J connectivity index is 3.11. The summed E-state index contributed by atoms with van der Waals surface area (Å²) in [5, 5.41) is 9.19. The highest BCUT2D eigenvalue weighted by molar-refractivity contribution is 5.80. The lowest BCUT2D eigenvalue weighted by Gasteiger charge is -2.27. The highest BCUT2D eigenvalue weighted by Gasteiger charge is 2.36. The minimum Gasteiger partial charge on any atom is -0.480 e. The SMILES string of the molecule is CC(C)CC(N)(C(=O)O)c1ccc(F)cc1. The Morgan fingerprint density at radius 1 is 1.44 bits per heavy atom. The Labute approximate surface area is 94.1 Å². The zero-order chi connectivity index (χ0) is 12.3. The second-order valence-electron chi connectivity index (χ2n) is 4.38. The van der Waals surface area contributed by atoms with Crippen LogP contribution in [-0.2, 0) is 10.3 Å². The Kier molecular flexibility index (Phi) is 3.65. The average molecular weight is 225 g/mol. The number of carboxylic acids is 1. The van der Waals surface area contributed by atoms with Crippen molar-refractivity contribution in [1.82, 2.24) is 0 Å². The van der Waals surface area contributed by atoms with Gasteiger partial charge in [0.15, 0.2) is 0 Å². The van der Waals surface area contributed by atoms with Crippen LogP contribution in [0.5, 0.6) is 0 Å². The van der Waals surface area contributed by atoms with Gasteiger partial charge in [0.2, 0.25) is 0 Å². The van der Waals surface area contributed by atoms with Gasteiger partial charge in [0, 0.05) is 0 Å². The Morgan fingerprint density at radius 3 is 2.31 bits per heavy atom. The molecule has 16 heavy (non-hydrogen) atoms. The normalized spacial score (nSPS) is 14.8. The van der Waals surface area contributed by atoms with E-state index >= 15 is 0 Å². The van der Waals surface area contributed by atoms with Crippen LogP contribution in [-0.4, -0.2) is 11.1 Å². The second-order valence-corrected chi connectivity index (χ2v) is 4.38. The van der Waals surface area contributed by atoms with E-state index in [1.807, 2.05) is 13.8 Å². The molecule has 0 aliphatic carbocycles. The van der Waals surface area contributed by atoms with Gasteiger partial charge in [-0.25, -0.2) is 9.18 Å². The number of benzene rings is 1. The van der Waals surface area contributed by atoms with Crippen molar-refractivity contribution in [2.75, 3.05) is 0 Å². The van der Waals surface area contributed by atoms with E-state index in [0.717, 1.165) is 0 Å². The Bertz CT molecular complexity index is 375. The molecule has 88 valence electrons. The van der Waals surface area contributed by atoms with Crippen molar-refractivity contribution in [2.45, 2.75) is 25.8 Å². The molecule has 0 saturated carbocycles. The molecule has 0 fully saturated rings. The Morgan fingerprint density at radius 2 is 1.94 bits per heavy atom. The van der Waals surface area contributed by atoms with E-state index in [0.29, 0.717) is 12.0 Å². The minimum absolute atomic E-state index is 0.145. The summed E-state index contributed by atoms with van der Waals surface area (Å²) < 4.78 is 12.8. The maximum atomic E-state index is 12.8. The number of halogens is 1. The smallest absolute Gasteiger partial charge is 0.328 e. The quantitative estimate of drug-likeness (QED) is 0.824. The van der Waals surface area contributed by atoms with Gasteiger partial charge in [-0.2, -0.15) is 0 Å². The molecular weight excluding hydrogens is 209 g/mol. The van der Waals surface area contributed by atoms with Crippen molar-refractivity contribution < 1.29 is 14.3 Å². The summed E-state index contributed by atoms with van der Waals surface area (Å²) in [6.07, 6.45) is 0.313. The van der Waals surface area contributed by atoms with E-state index in [2.05, 4.69) is 0 Å². The predicted octanol–water partition coefficient (Wildman–Crippen LogP) is 2.11. The summed E-state index contributed by atoms with van der Waals surface area (Å²) in [7, 11) is 0. The van der Waals surface area contributed by atoms with Crippen LogP contribution in [0.15, 0.2) is 24.3 Å². The summed E-state index contributed by atoms with van der Waals surface area (Å²) in [4.78, 5) is 11.2. The van der Waals surface area contributed by atoms with Gasteiger partial charge in [0.25, 0.3) is 0 Å². The average Bonchev–Trinajstić information content (AvgIpc) is 2.17. The molecule has 0 aliphatic heterocycles. The van der Waals surface area contributed by atoms with Crippen molar-refractivity contribution in [1.29, 1.82) is 0 Å². The van der Waals surface area contributed by atoms with Crippen molar-refractivity contribution in [3.8, 4) is 0 Å². The fraction of sp³-hybridized carbons (Fsp3) is 0.417. The second kappa shape index (κ2) is 4.61. The van der Waals surface area contributed by atoms with Crippen LogP contribution in [0.25, 0.3) is 0 Å². The minimum atomic E-state index is -1.44. The van der Waals surface area contributed by atoms with E-state index in [1.54, 1.807) is 0 Å². The van der Waals surface area contributed by atoms with Crippen LogP contribution < -0.4 is 5.73 Å². The molecule has 0 spiro atoms. The van der Waals surface area contributed by atoms with Crippen LogP contribution in [0.4, 0.5) is 4.39 Å². The fourth-order valence-electron chi connectivity index (χ4n) is 1.72. The molecule has 0 saturated heterocycles. The standard InChI is InChI=1S/C12H16FNO2/c1-8(2)7-12(14,11(15)16)9-3-5-10(13)6-4-9/h3-6,8H,7,14H2,1-2H3,(H,15,16). The fourth-order valence-corrected chi connectivity index (χ4v) is 1.72. The summed E-state index contributed by atoms with van der Waals surface area (Å²) in [6.45, 7) is 3.79. The molecule has 1 atom stereocenters. The monoisotopic (exact) mass is 225 g/mol. The number of hydrogen-bond donors (Lipinski definition) is 2. The zero-order valence-electron chi connectivity index (χ0n) is 9.40. The van der Waals surface area contributed by atoms with Gasteiger partial charge in [0.05, 0.1) is 0 Å². The zero-order valence-corrected chi connectivity index (χ0v) is 9.40. The summed E-state index contributed by atoms with van der Waals surface area (Å²) in [5.74, 6) is -1.35. The van der Waals surface area contributed by atoms with Crippen LogP contribution in [0.2, 0.25) is 0 Å². The van der Waals surface area contributed by atoms with E-state index in [1.165, 1.54) is 24.3 Å². The molecule has 1 rings (SSSR count). The molecule has 0 aromatic heterocycles. The number of carbonyl (C=O) groups is 1. The molecule has 0 aliphatic rings. The first-order valence-corrected chi connectivity index (χ1v) is 5.14. The van der Waals surface area contributed by atoms with Gasteiger partial charge in [0.1, 0.15) is 11.4 Å². The van der Waals surface area contributed by atoms with Crippen molar-refractivity contribution in [2.24, 2.45) is 11.7 Å². The lowest BCUT2D eigenvalue weighted by molar-refractivity contribution is -0.144. The molecule has 0 radical (unpaired) electrons. The molecule has 3 N–H and O–H groups in total. The molecular formula is C12H16FNO2. The van der Waals surface area contributed by atoms with Gasteiger partial charge >= 0.3 is 5.97 Å². The number of hydrogen-bond acceptors (Lipinski definition) is 2. The van der Waals surface area contributed by atoms with E-state index in [9.17, 15) is 14.3 Å². The van der Waals surface area contributed by atoms with Crippen LogP contribution in [0.1, 0.15) is 25.8 Å².